The largest absolute Gasteiger partial charge is 1.00 e. The molecular weight excluding hydrogens is 1630 g/mol. The first-order chi connectivity index (χ1) is 50.3. The smallest absolute Gasteiger partial charge is 0.507 e. The van der Waals surface area contributed by atoms with Crippen LogP contribution in [0, 0.1) is 41.6 Å². The Hall–Kier alpha value is -3.11. The number of aliphatic hydroxyl groups is 9. The Morgan fingerprint density at radius 2 is 0.785 bits per heavy atom. The molecule has 0 bridgehead atoms. The number of benzene rings is 6. The predicted octanol–water partition coefficient (Wildman–Crippen LogP) is 7.96. The second-order valence-corrected chi connectivity index (χ2v) is 50.0. The number of aliphatic hydroxyl groups excluding tert-OH is 4. The van der Waals surface area contributed by atoms with Crippen LogP contribution in [0.3, 0.4) is 0 Å². The molecule has 0 spiro atoms. The molecule has 0 amide bonds. The molecule has 0 aliphatic heterocycles. The molecule has 0 radical (unpaired) electrons. The van der Waals surface area contributed by atoms with Crippen molar-refractivity contribution in [3.8, 4) is 0 Å². The zero-order valence-electron chi connectivity index (χ0n) is 59.4. The van der Waals surface area contributed by atoms with Gasteiger partial charge in [0.2, 0.25) is 0 Å². The van der Waals surface area contributed by atoms with E-state index < -0.39 is 99.1 Å². The molecule has 570 valence electrons. The molecule has 6 aromatic carbocycles. The van der Waals surface area contributed by atoms with Gasteiger partial charge < -0.3 is 61.5 Å². The third kappa shape index (κ3) is 19.5. The molecule has 3 unspecified atom stereocenters. The van der Waals surface area contributed by atoms with Crippen molar-refractivity contribution < 1.29 is 79.1 Å². The van der Waals surface area contributed by atoms with Crippen molar-refractivity contribution in [3.05, 3.63) is 287 Å². The molecule has 6 aromatic rings. The number of fused-ring (bicyclic) bond motifs is 6. The first-order valence-corrected chi connectivity index (χ1v) is 52.3. The molecule has 28 heteroatoms. The van der Waals surface area contributed by atoms with Gasteiger partial charge >= 0.3 is 18.9 Å². The van der Waals surface area contributed by atoms with Crippen LogP contribution in [0.2, 0.25) is 0 Å². The van der Waals surface area contributed by atoms with Crippen LogP contribution in [-0.2, 0) is 163 Å². The Labute approximate surface area is 688 Å². The van der Waals surface area contributed by atoms with Crippen molar-refractivity contribution in [1.82, 2.24) is 0 Å². The van der Waals surface area contributed by atoms with E-state index in [1.165, 1.54) is 17.8 Å². The van der Waals surface area contributed by atoms with E-state index in [2.05, 4.69) is 19.2 Å². The topological polar surface area (TPSA) is 218 Å². The van der Waals surface area contributed by atoms with Crippen molar-refractivity contribution in [1.29, 1.82) is 0 Å². The van der Waals surface area contributed by atoms with Crippen LogP contribution in [-0.4, -0.2) is 117 Å². The van der Waals surface area contributed by atoms with Gasteiger partial charge in [0.25, 0.3) is 0 Å². The fraction of sp³-hybridized carbons (Fsp3) is 0.380. The number of carbonyl (C=O) groups excluding carboxylic acids is 1. The maximum Gasteiger partial charge on any atom is 1.00 e. The summed E-state index contributed by atoms with van der Waals surface area (Å²) in [6.45, 7) is 17.7. The monoisotopic (exact) mass is 1720 g/mol. The summed E-state index contributed by atoms with van der Waals surface area (Å²) in [4.78, 5) is 12.8. The molecule has 0 aromatic heterocycles. The van der Waals surface area contributed by atoms with Crippen LogP contribution in [0.5, 0.6) is 0 Å². The Morgan fingerprint density at radius 1 is 0.505 bits per heavy atom. The van der Waals surface area contributed by atoms with Gasteiger partial charge in [-0.3, -0.25) is 11.4 Å². The fourth-order valence-corrected chi connectivity index (χ4v) is 46.3. The van der Waals surface area contributed by atoms with Gasteiger partial charge in [-0.15, -0.1) is 0 Å². The zero-order chi connectivity index (χ0) is 75.8. The quantitative estimate of drug-likeness (QED) is 0.0232. The molecule has 6 aliphatic carbocycles. The first kappa shape index (κ1) is 91.1. The van der Waals surface area contributed by atoms with Crippen LogP contribution in [0.4, 0.5) is 0 Å². The molecule has 6 aliphatic rings. The summed E-state index contributed by atoms with van der Waals surface area (Å²) in [5.41, 5.74) is -2.33. The van der Waals surface area contributed by atoms with Crippen molar-refractivity contribution in [2.45, 2.75) is 138 Å². The number of ketones is 1. The van der Waals surface area contributed by atoms with Gasteiger partial charge in [0.05, 0.1) is 30.5 Å². The maximum atomic E-state index is 12.8. The summed E-state index contributed by atoms with van der Waals surface area (Å²) in [5.74, 6) is -5.15. The van der Waals surface area contributed by atoms with Gasteiger partial charge in [-0.05, 0) is 100 Å². The van der Waals surface area contributed by atoms with E-state index in [4.69, 9.17) is 31.8 Å². The van der Waals surface area contributed by atoms with Crippen LogP contribution in [0.15, 0.2) is 247 Å². The molecule has 9 N–H and O–H groups in total. The minimum Gasteiger partial charge on any atom is -0.507 e. The van der Waals surface area contributed by atoms with Crippen LogP contribution in [0.25, 0.3) is 0 Å². The SMILES string of the molecule is C.C=C(C)C1(O)C[C@@H](C)[C@]2(O)[C@@H]3C=C(C)[C@H](O)[C@@]3(O)CC(COC(c3ccccc3)(c3ccccc3)c3ccccc3)=C[C@H]2C1O.C=[C-]C.CC1=C[C@@H]2[C@](O)(CC(COC(c3ccccc3)(c3ccccc3)c3ccccc3)=C[C@H]3C(O)C(=O)C[C@@H](C)[C@]23O)[C@H]1O.S=S=S=S=S=S=S=S=S=S=S=S=S=S=S.[Li+]. The number of hydrogen-bond donors (Lipinski definition) is 9. The first-order valence-electron chi connectivity index (χ1n) is 33.6. The number of ether oxygens (including phenoxy) is 2. The number of hydrogen-bond acceptors (Lipinski definition) is 14. The molecule has 0 saturated heterocycles. The van der Waals surface area contributed by atoms with Gasteiger partial charge in [0.1, 0.15) is 46.3 Å². The van der Waals surface area contributed by atoms with Gasteiger partial charge in [0, 0.05) is 181 Å². The third-order valence-corrected chi connectivity index (χ3v) is 47.6. The molecule has 107 heavy (non-hydrogen) atoms. The molecule has 15 atom stereocenters. The number of Topliss-reactive ketones (excluding diaryl/α,β-unsaturated/α-hetero) is 1. The van der Waals surface area contributed by atoms with E-state index in [0.717, 1.165) is 33.4 Å². The van der Waals surface area contributed by atoms with E-state index in [9.17, 15) is 50.8 Å². The standard InChI is InChI=1S/C39H44O6.C36H38O6.C3H5.CH4.Li.S15/c1-25(2)36(42)22-27(4)38(44)32(35(36)41)21-28(23-37(43)33(38)20-26(3)34(37)40)24-45-39(29-14-8-5-9-15-29,30-16-10-6-11-17-30)31-18-12-7-13-19-31;1-23-18-31-34(40,33(23)39)21-25(20-29-32(38)30(37)19-24(2)35(29,31)41)22-42-36(26-12-6-3-7-13-26,27-14-8-4-9-15-27)28-16-10-5-11-17-28;1-3-2;;;1-3-5-7-9-11-13-15-14-12-10-8-6-4-2/h5-21,27,32-35,40-44H,1,22-24H2,2-4H3;3-18,20,24,29,31-33,38-41H,19,21-22H2,1-2H3;1H2,2H3;1H4;;/q;;-1;;+1;/t27-,32+,33-,34+,35?,36?,37-,38-;24-,29+,31-,32?,33+,34-,35-;;;;/m11..../s1. The average molecular weight is 1720 g/mol. The van der Waals surface area contributed by atoms with Crippen molar-refractivity contribution in [2.75, 3.05) is 13.2 Å². The number of allylic oxidation sites excluding steroid dienone is 1. The number of rotatable bonds is 13. The number of carbonyl (C=O) groups is 1. The van der Waals surface area contributed by atoms with E-state index in [0.29, 0.717) is 27.9 Å². The second kappa shape index (κ2) is 41.3. The van der Waals surface area contributed by atoms with Gasteiger partial charge in [-0.25, -0.2) is 0 Å². The minimum absolute atomic E-state index is 0. The van der Waals surface area contributed by atoms with E-state index >= 15 is 0 Å². The van der Waals surface area contributed by atoms with Crippen molar-refractivity contribution in [3.63, 3.8) is 0 Å². The summed E-state index contributed by atoms with van der Waals surface area (Å²) < 4.78 is 14.1. The van der Waals surface area contributed by atoms with Crippen LogP contribution in [0.1, 0.15) is 108 Å². The second-order valence-electron chi connectivity index (χ2n) is 27.0. The summed E-state index contributed by atoms with van der Waals surface area (Å²) >= 11 is 9.45. The average Bonchev–Trinajstić information content (AvgIpc) is 1.58. The van der Waals surface area contributed by atoms with Crippen molar-refractivity contribution >= 4 is 144 Å². The van der Waals surface area contributed by atoms with Gasteiger partial charge in [0.15, 0.2) is 5.78 Å². The minimum atomic E-state index is -1.75. The fourth-order valence-electron chi connectivity index (χ4n) is 16.1. The molecule has 12 rings (SSSR count). The zero-order valence-corrected chi connectivity index (χ0v) is 71.7. The van der Waals surface area contributed by atoms with E-state index in [-0.39, 0.29) is 71.0 Å². The third-order valence-electron chi connectivity index (χ3n) is 21.0. The maximum absolute atomic E-state index is 12.8. The Bertz CT molecular complexity index is 4600. The predicted molar refractivity (Wildman–Crippen MR) is 465 cm³/mol. The summed E-state index contributed by atoms with van der Waals surface area (Å²) in [7, 11) is 21.7. The molecule has 2 fully saturated rings. The van der Waals surface area contributed by atoms with Crippen molar-refractivity contribution in [2.24, 2.45) is 35.5 Å². The van der Waals surface area contributed by atoms with Crippen LogP contribution >= 0.6 is 0 Å². The van der Waals surface area contributed by atoms with E-state index in [1.807, 2.05) is 189 Å². The summed E-state index contributed by atoms with van der Waals surface area (Å²) in [6.07, 6.45) is 4.25. The molecule has 12 nitrogen and oxygen atoms in total. The molecular formula is C79H91LiO12S15. The molecule has 0 heterocycles. The molecule has 2 saturated carbocycles. The summed E-state index contributed by atoms with van der Waals surface area (Å²) in [6, 6.07) is 59.6. The normalized spacial score (nSPS) is 28.6. The van der Waals surface area contributed by atoms with Crippen LogP contribution < -0.4 is 18.9 Å². The Balaban J connectivity index is 0.000000240. The summed E-state index contributed by atoms with van der Waals surface area (Å²) in [5, 5.41) is 107. The Kier molecular flexibility index (Phi) is 35.1. The van der Waals surface area contributed by atoms with Gasteiger partial charge in [-0.2, -0.15) is 6.92 Å². The van der Waals surface area contributed by atoms with Gasteiger partial charge in [-0.1, -0.05) is 234 Å². The Morgan fingerprint density at radius 3 is 1.07 bits per heavy atom. The van der Waals surface area contributed by atoms with E-state index in [1.54, 1.807) is 157 Å².